The minimum absolute atomic E-state index is 0. The van der Waals surface area contributed by atoms with E-state index in [0.29, 0.717) is 54.9 Å². The number of hydrogen-bond donors (Lipinski definition) is 11. The number of alkyl halides is 1. The van der Waals surface area contributed by atoms with Crippen LogP contribution < -0.4 is 63.1 Å². The molecule has 8 aromatic rings. The Morgan fingerprint density at radius 2 is 0.676 bits per heavy atom. The number of aliphatic hydroxyl groups is 1. The monoisotopic (exact) mass is 1610 g/mol. The van der Waals surface area contributed by atoms with Gasteiger partial charge in [-0.15, -0.1) is 11.6 Å². The van der Waals surface area contributed by atoms with Crippen molar-refractivity contribution >= 4 is 104 Å². The number of nitrogen functional groups attached to an aromatic ring is 4. The van der Waals surface area contributed by atoms with Crippen LogP contribution in [-0.4, -0.2) is 127 Å². The molecule has 15 N–H and O–H groups in total. The van der Waals surface area contributed by atoms with Gasteiger partial charge >= 0.3 is 7.60 Å². The number of aliphatic hydroxyl groups excluding tert-OH is 1. The summed E-state index contributed by atoms with van der Waals surface area (Å²) in [6, 6.07) is 22.8. The molecule has 0 saturated heterocycles. The Bertz CT molecular complexity index is 3960. The van der Waals surface area contributed by atoms with Crippen molar-refractivity contribution in [1.29, 1.82) is 0 Å². The van der Waals surface area contributed by atoms with Crippen molar-refractivity contribution in [3.05, 3.63) is 162 Å². The summed E-state index contributed by atoms with van der Waals surface area (Å²) in [6.07, 6.45) is 11.2. The number of nitrogens with zero attached hydrogens (tertiary/aromatic N) is 8. The zero-order chi connectivity index (χ0) is 78.7. The highest BCUT2D eigenvalue weighted by atomic mass is 36.0. The first-order valence-corrected chi connectivity index (χ1v) is 42.9. The lowest BCUT2D eigenvalue weighted by molar-refractivity contribution is 0.281. The van der Waals surface area contributed by atoms with Crippen LogP contribution in [0.25, 0.3) is 0 Å². The Morgan fingerprint density at radius 3 is 0.907 bits per heavy atom. The highest BCUT2D eigenvalue weighted by molar-refractivity contribution is 8.26. The lowest BCUT2D eigenvalue weighted by Gasteiger charge is -2.16. The molecule has 598 valence electrons. The Labute approximate surface area is 656 Å². The number of rotatable bonds is 34. The van der Waals surface area contributed by atoms with E-state index in [9.17, 15) is 24.0 Å². The summed E-state index contributed by atoms with van der Waals surface area (Å²) in [6.45, 7) is 23.2. The molecule has 0 aliphatic rings. The lowest BCUT2D eigenvalue weighted by atomic mass is 10.0. The zero-order valence-electron chi connectivity index (χ0n) is 63.6. The fourth-order valence-electron chi connectivity index (χ4n) is 11.1. The summed E-state index contributed by atoms with van der Waals surface area (Å²) >= 11 is 5.97. The van der Waals surface area contributed by atoms with Gasteiger partial charge < -0.3 is 82.6 Å². The quantitative estimate of drug-likeness (QED) is 0.00772. The highest BCUT2D eigenvalue weighted by Gasteiger charge is 2.22. The first-order chi connectivity index (χ1) is 50.4. The predicted molar refractivity (Wildman–Crippen MR) is 449 cm³/mol. The second-order valence-corrected chi connectivity index (χ2v) is 33.3. The molecule has 0 radical (unpaired) electrons. The van der Waals surface area contributed by atoms with E-state index < -0.39 is 24.0 Å². The summed E-state index contributed by atoms with van der Waals surface area (Å²) in [7, 11) is 7.60. The Morgan fingerprint density at radius 1 is 0.435 bits per heavy atom. The van der Waals surface area contributed by atoms with E-state index in [2.05, 4.69) is 122 Å². The number of halogens is 3. The molecule has 4 heterocycles. The van der Waals surface area contributed by atoms with Crippen LogP contribution in [0.3, 0.4) is 0 Å². The number of unbranched alkanes of at least 4 members (excludes halogenated alkanes) is 4. The van der Waals surface area contributed by atoms with E-state index in [1.165, 1.54) is 0 Å². The Balaban J connectivity index is 0.000000478. The number of hydrogen-bond acceptors (Lipinski definition) is 24. The van der Waals surface area contributed by atoms with Gasteiger partial charge in [-0.1, -0.05) is 111 Å². The third kappa shape index (κ3) is 33.6. The number of aromatic nitrogens is 8. The molecule has 4 aromatic carbocycles. The van der Waals surface area contributed by atoms with Gasteiger partial charge in [0.15, 0.2) is 0 Å². The van der Waals surface area contributed by atoms with Crippen LogP contribution in [0.15, 0.2) is 72.8 Å². The van der Waals surface area contributed by atoms with E-state index in [4.69, 9.17) is 57.7 Å². The molecular weight excluding hydrogens is 1500 g/mol. The molecule has 0 aliphatic heterocycles. The third-order valence-corrected chi connectivity index (χ3v) is 18.6. The Hall–Kier alpha value is -7.84. The van der Waals surface area contributed by atoms with E-state index >= 15 is 0 Å². The van der Waals surface area contributed by atoms with Gasteiger partial charge in [-0.25, -0.2) is 24.1 Å². The standard InChI is InChI=1S/C20H31N4O2P.C18H25ClN4O.C18H27N4O4P.C18H26N4O2.2CH4.Cl2OS/c1-6-7-10-22-19-17(14(2)23-20(21)24-19)12-16-11-15(13-27(4,5)25)8-9-18(16)26-3;1-4-5-8-21-17-15(12(2)22-18(20)23-17)10-14-9-13(11-19)6-7-16(14)24-3;1-4-5-8-20-17-15(12(2)21-18(19)22-17)10-14-9-13(11-27(23,24)25)6-7-16(14)26-3;1-4-5-8-20-17-15(12(2)21-18(19)22-17)10-14-9-13(11-23)6-7-16(14)24-3;;;1-4(2)3/h8-9,11H,6-7,10,12-13H2,1-5H3,(H3,21,22,23,24);6-7,9H,4-5,8,10-11H2,1-3H3,(H3,20,21,22,23);6-7,9H,4-5,8,10-11H2,1-3H3,(H2,23,24,25)(H3,19,20,21,22);6-7,9,23H,4-5,8,10-11H2,1-3H3,(H3,19,20,21,22);2*1H4;. The van der Waals surface area contributed by atoms with Crippen LogP contribution in [0.2, 0.25) is 0 Å². The average molecular weight is 1620 g/mol. The summed E-state index contributed by atoms with van der Waals surface area (Å²) in [5.74, 6) is 7.58. The van der Waals surface area contributed by atoms with Gasteiger partial charge in [0.1, 0.15) is 46.3 Å². The largest absolute Gasteiger partial charge is 0.496 e. The number of aryl methyl sites for hydroxylation is 4. The van der Waals surface area contributed by atoms with Crippen molar-refractivity contribution in [2.45, 2.75) is 172 Å². The molecule has 32 heteroatoms. The summed E-state index contributed by atoms with van der Waals surface area (Å²) in [5.41, 5.74) is 37.9. The summed E-state index contributed by atoms with van der Waals surface area (Å²) in [5, 5.41) is 22.8. The molecule has 26 nitrogen and oxygen atoms in total. The van der Waals surface area contributed by atoms with Gasteiger partial charge in [-0.2, -0.15) is 19.9 Å². The van der Waals surface area contributed by atoms with Crippen molar-refractivity contribution in [1.82, 2.24) is 39.9 Å². The second-order valence-electron chi connectivity index (χ2n) is 25.4. The molecular formula is C76H117Cl3N16O10P2S. The molecule has 4 aromatic heterocycles. The molecule has 0 saturated carbocycles. The molecule has 0 amide bonds. The number of nitrogens with one attached hydrogen (secondary N) is 4. The third-order valence-electron chi connectivity index (χ3n) is 16.4. The maximum Gasteiger partial charge on any atom is 0.329 e. The van der Waals surface area contributed by atoms with Gasteiger partial charge in [-0.05, 0) is 142 Å². The SMILES string of the molecule is C.C.CCCCNc1nc(N)nc(C)c1Cc1cc(CCl)ccc1OC.CCCCNc1nc(N)nc(C)c1Cc1cc(CO)ccc1OC.CCCCNc1nc(N)nc(C)c1Cc1cc(CP(=O)(O)O)ccc1OC.CCCCNc1nc(N)nc(C)c1Cc1cc(CP(C)(C)=O)ccc1OC.O=S(Cl)Cl. The van der Waals surface area contributed by atoms with Crippen molar-refractivity contribution < 1.29 is 47.2 Å². The minimum Gasteiger partial charge on any atom is -0.496 e. The fraction of sp³-hybridized carbons (Fsp3) is 0.474. The van der Waals surface area contributed by atoms with Gasteiger partial charge in [0.25, 0.3) is 0 Å². The normalized spacial score (nSPS) is 10.8. The summed E-state index contributed by atoms with van der Waals surface area (Å²) < 4.78 is 54.6. The first-order valence-electron chi connectivity index (χ1n) is 35.0. The van der Waals surface area contributed by atoms with Crippen LogP contribution in [0.1, 0.15) is 183 Å². The van der Waals surface area contributed by atoms with E-state index in [-0.39, 0.29) is 51.4 Å². The second kappa shape index (κ2) is 49.3. The maximum atomic E-state index is 12.2. The molecule has 0 fully saturated rings. The molecule has 0 aliphatic carbocycles. The molecule has 0 unspecified atom stereocenters. The summed E-state index contributed by atoms with van der Waals surface area (Å²) in [4.78, 5) is 53.2. The van der Waals surface area contributed by atoms with E-state index in [1.54, 1.807) is 46.6 Å². The lowest BCUT2D eigenvalue weighted by Crippen LogP contribution is -2.11. The molecule has 0 atom stereocenters. The number of methoxy groups -OCH3 is 4. The topological polar surface area (TPSA) is 404 Å². The van der Waals surface area contributed by atoms with Gasteiger partial charge in [0, 0.05) is 130 Å². The fourth-order valence-corrected chi connectivity index (χ4v) is 13.0. The molecule has 108 heavy (non-hydrogen) atoms. The van der Waals surface area contributed by atoms with Crippen molar-refractivity contribution in [3.8, 4) is 23.0 Å². The number of anilines is 8. The predicted octanol–water partition coefficient (Wildman–Crippen LogP) is 16.1. The number of nitrogens with two attached hydrogens (primary N) is 4. The highest BCUT2D eigenvalue weighted by Crippen LogP contribution is 2.42. The smallest absolute Gasteiger partial charge is 0.329 e. The van der Waals surface area contributed by atoms with Crippen LogP contribution >= 0.6 is 47.7 Å². The first kappa shape index (κ1) is 96.2. The van der Waals surface area contributed by atoms with Crippen LogP contribution in [0.5, 0.6) is 23.0 Å². The van der Waals surface area contributed by atoms with Gasteiger partial charge in [0.2, 0.25) is 33.0 Å². The Kier molecular flexibility index (Phi) is 44.0. The van der Waals surface area contributed by atoms with E-state index in [0.717, 1.165) is 196 Å². The van der Waals surface area contributed by atoms with Crippen molar-refractivity contribution in [2.75, 3.05) is 112 Å². The molecule has 0 spiro atoms. The average Bonchev–Trinajstić information content (AvgIpc) is 0.829. The van der Waals surface area contributed by atoms with Crippen molar-refractivity contribution in [3.63, 3.8) is 0 Å². The number of ether oxygens (including phenoxy) is 4. The van der Waals surface area contributed by atoms with Crippen LogP contribution in [0.4, 0.5) is 47.1 Å². The molecule has 8 rings (SSSR count). The van der Waals surface area contributed by atoms with Crippen molar-refractivity contribution in [2.24, 2.45) is 0 Å². The minimum atomic E-state index is -4.15. The maximum absolute atomic E-state index is 12.2. The van der Waals surface area contributed by atoms with Crippen LogP contribution in [-0.2, 0) is 68.9 Å². The van der Waals surface area contributed by atoms with Crippen LogP contribution in [0, 0.1) is 27.7 Å². The number of benzene rings is 4. The molecule has 0 bridgehead atoms. The zero-order valence-corrected chi connectivity index (χ0v) is 68.5. The van der Waals surface area contributed by atoms with E-state index in [1.807, 2.05) is 83.5 Å². The van der Waals surface area contributed by atoms with Gasteiger partial charge in [0.05, 0.1) is 48.3 Å². The van der Waals surface area contributed by atoms with Gasteiger partial charge in [-0.3, -0.25) is 4.57 Å².